The van der Waals surface area contributed by atoms with Gasteiger partial charge in [0.2, 0.25) is 0 Å². The molecule has 0 spiro atoms. The van der Waals surface area contributed by atoms with E-state index in [-0.39, 0.29) is 21.5 Å². The van der Waals surface area contributed by atoms with Gasteiger partial charge in [-0.05, 0) is 139 Å². The predicted molar refractivity (Wildman–Crippen MR) is 241 cm³/mol. The van der Waals surface area contributed by atoms with Crippen molar-refractivity contribution in [2.75, 3.05) is 0 Å². The van der Waals surface area contributed by atoms with E-state index >= 15 is 0 Å². The summed E-state index contributed by atoms with van der Waals surface area (Å²) >= 11 is 0. The molecule has 0 fully saturated rings. The lowest BCUT2D eigenvalue weighted by atomic mass is 9.83. The summed E-state index contributed by atoms with van der Waals surface area (Å²) in [5, 5.41) is -6.22. The summed E-state index contributed by atoms with van der Waals surface area (Å²) in [6, 6.07) is -27.9. The summed E-state index contributed by atoms with van der Waals surface area (Å²) in [7, 11) is 0. The molecule has 56 heavy (non-hydrogen) atoms. The largest absolute Gasteiger partial charge is 0.0636 e. The summed E-state index contributed by atoms with van der Waals surface area (Å²) in [5.41, 5.74) is -5.83. The van der Waals surface area contributed by atoms with Gasteiger partial charge in [0.05, 0.1) is 43.9 Å². The second-order valence-electron chi connectivity index (χ2n) is 13.0. The third-order valence-electron chi connectivity index (χ3n) is 9.87. The monoisotopic (exact) mass is 740 g/mol. The van der Waals surface area contributed by atoms with Gasteiger partial charge in [-0.25, -0.2) is 0 Å². The van der Waals surface area contributed by atoms with E-state index in [0.29, 0.717) is 0 Å². The van der Waals surface area contributed by atoms with Crippen LogP contribution >= 0.6 is 0 Å². The van der Waals surface area contributed by atoms with E-state index in [1.54, 1.807) is 0 Å². The van der Waals surface area contributed by atoms with Crippen LogP contribution in [0.3, 0.4) is 0 Å². The highest BCUT2D eigenvalue weighted by molar-refractivity contribution is 6.24. The molecule has 0 heterocycles. The predicted octanol–water partition coefficient (Wildman–Crippen LogP) is 15.2. The molecule has 0 aliphatic carbocycles. The first kappa shape index (κ1) is 13.3. The van der Waals surface area contributed by atoms with Crippen LogP contribution in [0.2, 0.25) is 0 Å². The van der Waals surface area contributed by atoms with Crippen molar-refractivity contribution in [3.63, 3.8) is 0 Å². The lowest BCUT2D eigenvalue weighted by molar-refractivity contribution is 1.16. The molecule has 0 unspecified atom stereocenters. The highest BCUT2D eigenvalue weighted by Crippen LogP contribution is 2.43. The number of benzene rings is 12. The van der Waals surface area contributed by atoms with Gasteiger partial charge in [-0.2, -0.15) is 0 Å². The fourth-order valence-electron chi connectivity index (χ4n) is 7.45. The van der Waals surface area contributed by atoms with Crippen molar-refractivity contribution in [3.8, 4) is 22.3 Å². The molecule has 12 aromatic carbocycles. The molecule has 0 bridgehead atoms. The van der Waals surface area contributed by atoms with Crippen molar-refractivity contribution in [2.45, 2.75) is 12.8 Å². The van der Waals surface area contributed by atoms with Crippen LogP contribution in [0, 0.1) is 0 Å². The van der Waals surface area contributed by atoms with E-state index in [4.69, 9.17) is 23.3 Å². The van der Waals surface area contributed by atoms with Crippen LogP contribution in [0.4, 0.5) is 0 Å². The molecule has 0 radical (unpaired) electrons. The quantitative estimate of drug-likeness (QED) is 0.149. The van der Waals surface area contributed by atoms with Gasteiger partial charge in [-0.1, -0.05) is 187 Å². The molecular weight excluding hydrogens is 673 g/mol. The molecule has 0 saturated heterocycles. The summed E-state index contributed by atoms with van der Waals surface area (Å²) in [5.74, 6) is 0. The van der Waals surface area contributed by atoms with E-state index in [1.807, 2.05) is 0 Å². The van der Waals surface area contributed by atoms with Gasteiger partial charge in [-0.3, -0.25) is 0 Å². The molecule has 0 nitrogen and oxygen atoms in total. The van der Waals surface area contributed by atoms with E-state index in [1.165, 1.54) is 0 Å². The van der Waals surface area contributed by atoms with Gasteiger partial charge < -0.3 is 0 Å². The second kappa shape index (κ2) is 12.2. The SMILES string of the molecule is [2H]c1c([2H])c([2H])c(-c2c([2H])c(Cc3c([2H])c([2H])c4c([2H])c([2H])c5c([2H])c([2H])c([2H])c6c([2H])c([2H])c3c4c56)c([2H])c(Cc3c([2H])c([2H])c4c([2H])c([2H])c5c([2H])c([2H])c([2H])c6c([2H])c([2H])c3c4c56)c2-c2c([2H])c([2H])c3c([2H])c([2H])c([2H])c([2H])c3c2[2H])c([2H])c1[2H]. The first-order valence-electron chi connectivity index (χ1n) is 33.2. The van der Waals surface area contributed by atoms with Crippen LogP contribution in [0.5, 0.6) is 0 Å². The first-order valence-corrected chi connectivity index (χ1v) is 17.2. The van der Waals surface area contributed by atoms with E-state index in [9.17, 15) is 20.6 Å². The zero-order chi connectivity index (χ0) is 64.6. The Morgan fingerprint density at radius 1 is 0.304 bits per heavy atom. The number of hydrogen-bond acceptors (Lipinski definition) is 0. The lowest BCUT2D eigenvalue weighted by Crippen LogP contribution is -2.01. The van der Waals surface area contributed by atoms with Crippen LogP contribution in [-0.2, 0) is 12.8 Å². The smallest absolute Gasteiger partial charge is 0.0622 e. The Balaban J connectivity index is 1.34. The van der Waals surface area contributed by atoms with Crippen LogP contribution in [-0.4, -0.2) is 0 Å². The minimum absolute atomic E-state index is 0.280. The average Bonchev–Trinajstić information content (AvgIpc) is 0.709. The summed E-state index contributed by atoms with van der Waals surface area (Å²) < 4.78 is 295. The Morgan fingerprint density at radius 3 is 1.41 bits per heavy atom. The molecule has 0 aliphatic heterocycles. The topological polar surface area (TPSA) is 0 Å². The Bertz CT molecular complexity index is 5260. The van der Waals surface area contributed by atoms with Crippen LogP contribution in [0.1, 0.15) is 66.1 Å². The number of hydrogen-bond donors (Lipinski definition) is 0. The number of fused-ring (bicyclic) bond motifs is 1. The van der Waals surface area contributed by atoms with Crippen LogP contribution < -0.4 is 0 Å². The Kier molecular flexibility index (Phi) is 2.92. The molecule has 0 amide bonds. The Labute approximate surface area is 370 Å². The van der Waals surface area contributed by atoms with E-state index < -0.39 is 305 Å². The summed E-state index contributed by atoms with van der Waals surface area (Å²) in [6.45, 7) is 0. The molecule has 0 aromatic heterocycles. The van der Waals surface area contributed by atoms with Crippen LogP contribution in [0.15, 0.2) is 193 Å². The summed E-state index contributed by atoms with van der Waals surface area (Å²) in [6.07, 6.45) is -2.12. The van der Waals surface area contributed by atoms with E-state index in [2.05, 4.69) is 0 Å². The maximum absolute atomic E-state index is 10.5. The van der Waals surface area contributed by atoms with Crippen molar-refractivity contribution in [2.24, 2.45) is 0 Å². The van der Waals surface area contributed by atoms with Gasteiger partial charge in [-0.15, -0.1) is 0 Å². The average molecular weight is 741 g/mol. The second-order valence-corrected chi connectivity index (χ2v) is 13.0. The standard InChI is InChI=1S/C56H36/c1-2-9-37(10-3-1)51-32-35(30-45-23-21-42-19-17-38-12-6-14-40-26-28-49(45)55(42)53(38)40)31-48(52(51)47-25-16-36-8-4-5-11-44(36)33-47)34-46-24-22-43-20-18-39-13-7-15-41-27-29-50(46)56(43)54(39)41/h1-29,31-33H,30,34H2/i1D,2D,3D,4D,5D,6D,7D,8D,9D,10D,11D,12D,13D,14D,15D,16D,17D,18D,19D,20D,21D,22D,23D,24D,25D,26D,27D,28D,29D,31D,32D,33D. The minimum atomic E-state index is -1.10. The van der Waals surface area contributed by atoms with Gasteiger partial charge in [0.1, 0.15) is 0 Å². The molecule has 260 valence electrons. The Morgan fingerprint density at radius 2 is 0.786 bits per heavy atom. The minimum Gasteiger partial charge on any atom is -0.0622 e. The molecule has 0 aliphatic rings. The van der Waals surface area contributed by atoms with E-state index in [0.717, 1.165) is 0 Å². The van der Waals surface area contributed by atoms with Crippen LogP contribution in [0.25, 0.3) is 97.7 Å². The van der Waals surface area contributed by atoms with Crippen molar-refractivity contribution in [1.82, 2.24) is 0 Å². The third-order valence-corrected chi connectivity index (χ3v) is 9.87. The van der Waals surface area contributed by atoms with Gasteiger partial charge in [0.15, 0.2) is 0 Å². The molecule has 0 heteroatoms. The van der Waals surface area contributed by atoms with Crippen molar-refractivity contribution in [3.05, 3.63) is 216 Å². The van der Waals surface area contributed by atoms with Crippen molar-refractivity contribution >= 4 is 75.4 Å². The molecule has 12 aromatic rings. The molecule has 0 saturated carbocycles. The lowest BCUT2D eigenvalue weighted by Gasteiger charge is -2.21. The summed E-state index contributed by atoms with van der Waals surface area (Å²) in [4.78, 5) is 0. The molecular formula is C56H36. The third kappa shape index (κ3) is 4.86. The van der Waals surface area contributed by atoms with Gasteiger partial charge >= 0.3 is 0 Å². The fourth-order valence-corrected chi connectivity index (χ4v) is 7.45. The maximum atomic E-state index is 10.5. The zero-order valence-electron chi connectivity index (χ0n) is 60.4. The first-order chi connectivity index (χ1) is 41.1. The van der Waals surface area contributed by atoms with Gasteiger partial charge in [0, 0.05) is 0 Å². The highest BCUT2D eigenvalue weighted by atomic mass is 14.2. The Hall–Kier alpha value is -7.02. The normalized spacial score (nSPS) is 20.1. The highest BCUT2D eigenvalue weighted by Gasteiger charge is 2.19. The molecule has 12 rings (SSSR count). The zero-order valence-corrected chi connectivity index (χ0v) is 28.4. The molecule has 0 atom stereocenters. The van der Waals surface area contributed by atoms with Crippen molar-refractivity contribution in [1.29, 1.82) is 0 Å². The van der Waals surface area contributed by atoms with Crippen molar-refractivity contribution < 1.29 is 43.9 Å². The number of rotatable bonds is 6. The molecule has 0 N–H and O–H groups in total. The van der Waals surface area contributed by atoms with Gasteiger partial charge in [0.25, 0.3) is 0 Å². The maximum Gasteiger partial charge on any atom is 0.0636 e. The fraction of sp³-hybridized carbons (Fsp3) is 0.0357.